The normalized spacial score (nSPS) is 10.8. The van der Waals surface area contributed by atoms with Crippen molar-refractivity contribution in [1.82, 2.24) is 14.8 Å². The van der Waals surface area contributed by atoms with Gasteiger partial charge in [-0.25, -0.2) is 9.48 Å². The molecule has 0 saturated heterocycles. The third-order valence-electron chi connectivity index (χ3n) is 2.84. The number of pyridine rings is 1. The zero-order chi connectivity index (χ0) is 14.3. The Kier molecular flexibility index (Phi) is 2.80. The Morgan fingerprint density at radius 1 is 1.30 bits per heavy atom. The number of hydrogen-bond donors (Lipinski definition) is 2. The van der Waals surface area contributed by atoms with Gasteiger partial charge in [-0.2, -0.15) is 5.10 Å². The molecule has 0 fully saturated rings. The van der Waals surface area contributed by atoms with Crippen LogP contribution in [0.25, 0.3) is 16.6 Å². The minimum atomic E-state index is -1.30. The molecule has 2 N–H and O–H groups in total. The maximum atomic E-state index is 10.9. The summed E-state index contributed by atoms with van der Waals surface area (Å²) >= 11 is 6.09. The SMILES string of the molecule is O=C(O)c1nn(-c2ccc(Cl)c3cccnc23)cc1O. The summed E-state index contributed by atoms with van der Waals surface area (Å²) in [4.78, 5) is 15.1. The van der Waals surface area contributed by atoms with E-state index in [1.54, 1.807) is 30.5 Å². The van der Waals surface area contributed by atoms with Crippen molar-refractivity contribution in [2.75, 3.05) is 0 Å². The Hall–Kier alpha value is -2.60. The minimum Gasteiger partial charge on any atom is -0.504 e. The fourth-order valence-electron chi connectivity index (χ4n) is 1.95. The molecule has 2 aromatic heterocycles. The number of fused-ring (bicyclic) bond motifs is 1. The third-order valence-corrected chi connectivity index (χ3v) is 3.17. The molecule has 3 rings (SSSR count). The largest absolute Gasteiger partial charge is 0.504 e. The van der Waals surface area contributed by atoms with Gasteiger partial charge in [0.2, 0.25) is 5.69 Å². The van der Waals surface area contributed by atoms with Gasteiger partial charge in [-0.05, 0) is 24.3 Å². The van der Waals surface area contributed by atoms with E-state index >= 15 is 0 Å². The topological polar surface area (TPSA) is 88.2 Å². The van der Waals surface area contributed by atoms with Gasteiger partial charge < -0.3 is 10.2 Å². The van der Waals surface area contributed by atoms with Crippen LogP contribution in [-0.4, -0.2) is 30.9 Å². The van der Waals surface area contributed by atoms with E-state index in [2.05, 4.69) is 10.1 Å². The number of carboxylic acid groups (broad SMARTS) is 1. The molecule has 0 spiro atoms. The molecule has 0 radical (unpaired) electrons. The van der Waals surface area contributed by atoms with E-state index in [1.807, 2.05) is 0 Å². The highest BCUT2D eigenvalue weighted by atomic mass is 35.5. The van der Waals surface area contributed by atoms with Crippen LogP contribution in [0.2, 0.25) is 5.02 Å². The van der Waals surface area contributed by atoms with E-state index in [1.165, 1.54) is 10.9 Å². The second-order valence-electron chi connectivity index (χ2n) is 4.08. The number of rotatable bonds is 2. The molecular weight excluding hydrogens is 282 g/mol. The van der Waals surface area contributed by atoms with Crippen LogP contribution in [0, 0.1) is 0 Å². The fraction of sp³-hybridized carbons (Fsp3) is 0. The van der Waals surface area contributed by atoms with Crippen LogP contribution >= 0.6 is 11.6 Å². The number of aromatic nitrogens is 3. The van der Waals surface area contributed by atoms with Crippen LogP contribution in [0.3, 0.4) is 0 Å². The summed E-state index contributed by atoms with van der Waals surface area (Å²) in [5.41, 5.74) is 0.691. The number of nitrogens with zero attached hydrogens (tertiary/aromatic N) is 3. The van der Waals surface area contributed by atoms with Gasteiger partial charge in [0.05, 0.1) is 22.4 Å². The van der Waals surface area contributed by atoms with Gasteiger partial charge in [-0.15, -0.1) is 0 Å². The number of carbonyl (C=O) groups is 1. The van der Waals surface area contributed by atoms with Gasteiger partial charge in [0.1, 0.15) is 0 Å². The van der Waals surface area contributed by atoms with E-state index in [-0.39, 0.29) is 0 Å². The van der Waals surface area contributed by atoms with E-state index < -0.39 is 17.4 Å². The number of hydrogen-bond acceptors (Lipinski definition) is 4. The highest BCUT2D eigenvalue weighted by molar-refractivity contribution is 6.35. The first-order valence-corrected chi connectivity index (χ1v) is 6.01. The van der Waals surface area contributed by atoms with Gasteiger partial charge in [0.25, 0.3) is 0 Å². The average molecular weight is 290 g/mol. The molecule has 0 amide bonds. The third kappa shape index (κ3) is 1.86. The predicted molar refractivity (Wildman–Crippen MR) is 72.5 cm³/mol. The molecule has 1 aromatic carbocycles. The lowest BCUT2D eigenvalue weighted by Crippen LogP contribution is -2.02. The number of aromatic hydroxyl groups is 1. The van der Waals surface area contributed by atoms with Crippen molar-refractivity contribution in [1.29, 1.82) is 0 Å². The molecule has 20 heavy (non-hydrogen) atoms. The van der Waals surface area contributed by atoms with Crippen LogP contribution in [-0.2, 0) is 0 Å². The van der Waals surface area contributed by atoms with E-state index in [9.17, 15) is 9.90 Å². The van der Waals surface area contributed by atoms with Gasteiger partial charge in [0.15, 0.2) is 5.75 Å². The Balaban J connectivity index is 2.28. The Bertz CT molecular complexity index is 829. The average Bonchev–Trinajstić information content (AvgIpc) is 2.81. The van der Waals surface area contributed by atoms with E-state index in [0.717, 1.165) is 5.39 Å². The molecule has 0 atom stereocenters. The van der Waals surface area contributed by atoms with Crippen molar-refractivity contribution in [3.8, 4) is 11.4 Å². The van der Waals surface area contributed by atoms with E-state index in [0.29, 0.717) is 16.2 Å². The summed E-state index contributed by atoms with van der Waals surface area (Å²) < 4.78 is 1.27. The lowest BCUT2D eigenvalue weighted by Gasteiger charge is -2.06. The first-order valence-electron chi connectivity index (χ1n) is 5.63. The number of aromatic carboxylic acids is 1. The van der Waals surface area contributed by atoms with Crippen molar-refractivity contribution >= 4 is 28.5 Å². The molecule has 0 saturated carbocycles. The lowest BCUT2D eigenvalue weighted by molar-refractivity contribution is 0.0687. The molecule has 0 aliphatic heterocycles. The van der Waals surface area contributed by atoms with Gasteiger partial charge in [0, 0.05) is 11.6 Å². The Morgan fingerprint density at radius 2 is 2.10 bits per heavy atom. The second-order valence-corrected chi connectivity index (χ2v) is 4.49. The molecular formula is C13H8ClN3O3. The highest BCUT2D eigenvalue weighted by Crippen LogP contribution is 2.28. The molecule has 2 heterocycles. The summed E-state index contributed by atoms with van der Waals surface area (Å²) in [7, 11) is 0. The van der Waals surface area contributed by atoms with Crippen molar-refractivity contribution < 1.29 is 15.0 Å². The van der Waals surface area contributed by atoms with Crippen LogP contribution in [0.15, 0.2) is 36.7 Å². The van der Waals surface area contributed by atoms with Gasteiger partial charge in [-0.1, -0.05) is 11.6 Å². The molecule has 0 bridgehead atoms. The van der Waals surface area contributed by atoms with Crippen molar-refractivity contribution in [3.05, 3.63) is 47.4 Å². The highest BCUT2D eigenvalue weighted by Gasteiger charge is 2.17. The van der Waals surface area contributed by atoms with Crippen molar-refractivity contribution in [2.24, 2.45) is 0 Å². The van der Waals surface area contributed by atoms with Gasteiger partial charge in [-0.3, -0.25) is 4.98 Å². The Morgan fingerprint density at radius 3 is 2.80 bits per heavy atom. The number of benzene rings is 1. The zero-order valence-electron chi connectivity index (χ0n) is 9.99. The van der Waals surface area contributed by atoms with E-state index in [4.69, 9.17) is 16.7 Å². The zero-order valence-corrected chi connectivity index (χ0v) is 10.7. The van der Waals surface area contributed by atoms with Crippen LogP contribution < -0.4 is 0 Å². The molecule has 7 heteroatoms. The summed E-state index contributed by atoms with van der Waals surface area (Å²) in [5.74, 6) is -1.70. The standard InChI is InChI=1S/C13H8ClN3O3/c14-8-3-4-9(11-7(8)2-1-5-15-11)17-6-10(18)12(16-17)13(19)20/h1-6,18H,(H,19,20). The predicted octanol–water partition coefficient (Wildman–Crippen LogP) is 2.48. The summed E-state index contributed by atoms with van der Waals surface area (Å²) in [5, 5.41) is 23.6. The molecule has 0 unspecified atom stereocenters. The van der Waals surface area contributed by atoms with Crippen LogP contribution in [0.5, 0.6) is 5.75 Å². The van der Waals surface area contributed by atoms with Crippen molar-refractivity contribution in [3.63, 3.8) is 0 Å². The lowest BCUT2D eigenvalue weighted by atomic mass is 10.2. The van der Waals surface area contributed by atoms with Crippen LogP contribution in [0.1, 0.15) is 10.5 Å². The Labute approximate surface area is 117 Å². The summed E-state index contributed by atoms with van der Waals surface area (Å²) in [6, 6.07) is 6.88. The molecule has 100 valence electrons. The van der Waals surface area contributed by atoms with Crippen molar-refractivity contribution in [2.45, 2.75) is 0 Å². The minimum absolute atomic E-state index is 0.406. The summed E-state index contributed by atoms with van der Waals surface area (Å²) in [6.07, 6.45) is 2.82. The molecule has 0 aliphatic rings. The number of carboxylic acids is 1. The van der Waals surface area contributed by atoms with Crippen LogP contribution in [0.4, 0.5) is 0 Å². The quantitative estimate of drug-likeness (QED) is 0.756. The molecule has 0 aliphatic carbocycles. The fourth-order valence-corrected chi connectivity index (χ4v) is 2.16. The maximum absolute atomic E-state index is 10.9. The number of halogens is 1. The first-order chi connectivity index (χ1) is 9.58. The monoisotopic (exact) mass is 289 g/mol. The first kappa shape index (κ1) is 12.4. The molecule has 6 nitrogen and oxygen atoms in total. The smallest absolute Gasteiger partial charge is 0.360 e. The summed E-state index contributed by atoms with van der Waals surface area (Å²) in [6.45, 7) is 0. The second kappa shape index (κ2) is 4.50. The van der Waals surface area contributed by atoms with Gasteiger partial charge >= 0.3 is 5.97 Å². The molecule has 3 aromatic rings. The maximum Gasteiger partial charge on any atom is 0.360 e.